The average molecular weight is 544 g/mol. The molecule has 2 saturated heterocycles. The van der Waals surface area contributed by atoms with Crippen LogP contribution < -0.4 is 14.8 Å². The molecule has 0 bridgehead atoms. The summed E-state index contributed by atoms with van der Waals surface area (Å²) in [7, 11) is 4.92. The maximum Gasteiger partial charge on any atom is 0.334 e. The van der Waals surface area contributed by atoms with Crippen molar-refractivity contribution in [2.75, 3.05) is 34.4 Å². The second-order valence-corrected chi connectivity index (χ2v) is 9.83. The molecule has 208 valence electrons. The van der Waals surface area contributed by atoms with Gasteiger partial charge in [0.15, 0.2) is 0 Å². The molecule has 2 unspecified atom stereocenters. The number of hydrazine groups is 1. The summed E-state index contributed by atoms with van der Waals surface area (Å²) < 4.78 is 10.5. The number of urea groups is 1. The highest BCUT2D eigenvalue weighted by Crippen LogP contribution is 2.35. The summed E-state index contributed by atoms with van der Waals surface area (Å²) in [5.41, 5.74) is 2.53. The van der Waals surface area contributed by atoms with Crippen LogP contribution in [0, 0.1) is 0 Å². The van der Waals surface area contributed by atoms with Gasteiger partial charge < -0.3 is 24.6 Å². The lowest BCUT2D eigenvalue weighted by molar-refractivity contribution is -0.188. The Morgan fingerprint density at radius 2 is 1.48 bits per heavy atom. The van der Waals surface area contributed by atoms with Crippen LogP contribution in [0.25, 0.3) is 0 Å². The van der Waals surface area contributed by atoms with Crippen molar-refractivity contribution in [2.24, 2.45) is 0 Å². The summed E-state index contributed by atoms with van der Waals surface area (Å²) in [6, 6.07) is 23.0. The van der Waals surface area contributed by atoms with E-state index in [-0.39, 0.29) is 30.9 Å². The quantitative estimate of drug-likeness (QED) is 0.493. The van der Waals surface area contributed by atoms with Crippen molar-refractivity contribution in [3.8, 4) is 11.5 Å². The van der Waals surface area contributed by atoms with E-state index in [0.29, 0.717) is 18.7 Å². The molecular weight excluding hydrogens is 510 g/mol. The van der Waals surface area contributed by atoms with Gasteiger partial charge in [-0.25, -0.2) is 14.8 Å². The van der Waals surface area contributed by atoms with Gasteiger partial charge in [-0.05, 0) is 41.0 Å². The Bertz CT molecular complexity index is 1350. The number of carbonyl (C=O) groups is 3. The van der Waals surface area contributed by atoms with Gasteiger partial charge in [-0.3, -0.25) is 9.59 Å². The second kappa shape index (κ2) is 11.7. The second-order valence-electron chi connectivity index (χ2n) is 9.83. The fraction of sp³-hybridized carbons (Fsp3) is 0.300. The van der Waals surface area contributed by atoms with E-state index in [0.717, 1.165) is 22.6 Å². The first-order valence-corrected chi connectivity index (χ1v) is 13.1. The molecule has 3 aromatic rings. The van der Waals surface area contributed by atoms with Crippen LogP contribution in [0.5, 0.6) is 11.5 Å². The van der Waals surface area contributed by atoms with Gasteiger partial charge in [0.1, 0.15) is 23.7 Å². The van der Waals surface area contributed by atoms with Crippen molar-refractivity contribution in [3.05, 3.63) is 95.6 Å². The molecule has 1 N–H and O–H groups in total. The number of rotatable bonds is 7. The number of nitrogens with one attached hydrogen (secondary N) is 1. The van der Waals surface area contributed by atoms with Crippen LogP contribution in [0.2, 0.25) is 0 Å². The highest BCUT2D eigenvalue weighted by atomic mass is 16.5. The topological polar surface area (TPSA) is 94.7 Å². The zero-order chi connectivity index (χ0) is 28.2. The Kier molecular flexibility index (Phi) is 7.88. The van der Waals surface area contributed by atoms with Gasteiger partial charge in [-0.15, -0.1) is 0 Å². The van der Waals surface area contributed by atoms with Crippen LogP contribution >= 0.6 is 0 Å². The van der Waals surface area contributed by atoms with Crippen molar-refractivity contribution in [1.29, 1.82) is 0 Å². The fourth-order valence-electron chi connectivity index (χ4n) is 5.25. The predicted octanol–water partition coefficient (Wildman–Crippen LogP) is 3.01. The smallest absolute Gasteiger partial charge is 0.334 e. The fourth-order valence-corrected chi connectivity index (χ4v) is 5.25. The molecule has 2 fully saturated rings. The molecule has 10 nitrogen and oxygen atoms in total. The van der Waals surface area contributed by atoms with E-state index in [1.54, 1.807) is 41.1 Å². The number of ether oxygens (including phenoxy) is 2. The van der Waals surface area contributed by atoms with Gasteiger partial charge >= 0.3 is 6.03 Å². The Balaban J connectivity index is 1.44. The van der Waals surface area contributed by atoms with Crippen LogP contribution in [-0.2, 0) is 22.7 Å². The number of hydrogen-bond donors (Lipinski definition) is 1. The highest BCUT2D eigenvalue weighted by molar-refractivity contribution is 5.92. The summed E-state index contributed by atoms with van der Waals surface area (Å²) >= 11 is 0. The van der Waals surface area contributed by atoms with Crippen molar-refractivity contribution in [2.45, 2.75) is 25.3 Å². The first-order chi connectivity index (χ1) is 19.4. The number of nitrogens with zero attached hydrogens (tertiary/aromatic N) is 4. The molecule has 0 radical (unpaired) electrons. The zero-order valence-electron chi connectivity index (χ0n) is 22.8. The monoisotopic (exact) mass is 543 g/mol. The van der Waals surface area contributed by atoms with Crippen LogP contribution in [0.1, 0.15) is 22.7 Å². The summed E-state index contributed by atoms with van der Waals surface area (Å²) in [5, 5.41) is 6.15. The molecule has 5 rings (SSSR count). The van der Waals surface area contributed by atoms with Gasteiger partial charge in [0.25, 0.3) is 5.91 Å². The highest BCUT2D eigenvalue weighted by Gasteiger charge is 2.51. The lowest BCUT2D eigenvalue weighted by Gasteiger charge is -2.54. The Hall–Kier alpha value is -4.57. The normalized spacial score (nSPS) is 19.3. The van der Waals surface area contributed by atoms with Crippen LogP contribution in [0.15, 0.2) is 78.9 Å². The number of fused-ring (bicyclic) bond motifs is 1. The van der Waals surface area contributed by atoms with E-state index in [2.05, 4.69) is 5.32 Å². The predicted molar refractivity (Wildman–Crippen MR) is 148 cm³/mol. The Morgan fingerprint density at radius 1 is 0.875 bits per heavy atom. The number of methoxy groups -OCH3 is 2. The molecular formula is C30H33N5O5. The molecule has 3 aromatic carbocycles. The molecule has 0 aromatic heterocycles. The molecule has 2 atom stereocenters. The molecule has 40 heavy (non-hydrogen) atoms. The maximum atomic E-state index is 13.9. The standard InChI is InChI=1S/C30H33N5O5/c1-32-20-27(36)34-26(35(32)30(38)31-17-21-9-13-24(39-2)14-10-21)19-33(18-22-11-15-25(40-3)16-12-22)29(37)28(34)23-7-5-4-6-8-23/h4-16,26,28H,17-20H2,1-3H3,(H,31,38). The van der Waals surface area contributed by atoms with Crippen molar-refractivity contribution in [1.82, 2.24) is 25.1 Å². The SMILES string of the molecule is COc1ccc(CNC(=O)N2C3CN(Cc4ccc(OC)cc4)C(=O)C(c4ccccc4)N3C(=O)CN2C)cc1. The molecule has 2 aliphatic heterocycles. The summed E-state index contributed by atoms with van der Waals surface area (Å²) in [6.45, 7) is 0.766. The Morgan fingerprint density at radius 3 is 2.08 bits per heavy atom. The third-order valence-corrected chi connectivity index (χ3v) is 7.29. The number of hydrogen-bond acceptors (Lipinski definition) is 6. The van der Waals surface area contributed by atoms with Crippen LogP contribution in [0.4, 0.5) is 4.79 Å². The number of amides is 4. The Labute approximate surface area is 233 Å². The summed E-state index contributed by atoms with van der Waals surface area (Å²) in [6.07, 6.45) is -0.691. The van der Waals surface area contributed by atoms with E-state index in [9.17, 15) is 14.4 Å². The van der Waals surface area contributed by atoms with Crippen LogP contribution in [-0.4, -0.2) is 78.2 Å². The maximum absolute atomic E-state index is 13.9. The summed E-state index contributed by atoms with van der Waals surface area (Å²) in [4.78, 5) is 44.3. The number of piperazine rings is 1. The van der Waals surface area contributed by atoms with E-state index < -0.39 is 12.2 Å². The molecule has 4 amide bonds. The van der Waals surface area contributed by atoms with E-state index in [4.69, 9.17) is 9.47 Å². The number of likely N-dealkylation sites (N-methyl/N-ethyl adjacent to an activating group) is 1. The summed E-state index contributed by atoms with van der Waals surface area (Å²) in [5.74, 6) is 1.06. The van der Waals surface area contributed by atoms with Crippen molar-refractivity contribution in [3.63, 3.8) is 0 Å². The number of carbonyl (C=O) groups excluding carboxylic acids is 3. The lowest BCUT2D eigenvalue weighted by Crippen LogP contribution is -2.73. The third kappa shape index (κ3) is 5.43. The van der Waals surface area contributed by atoms with Gasteiger partial charge in [0.05, 0.1) is 27.3 Å². The van der Waals surface area contributed by atoms with E-state index >= 15 is 0 Å². The molecule has 0 saturated carbocycles. The molecule has 0 aliphatic carbocycles. The third-order valence-electron chi connectivity index (χ3n) is 7.29. The zero-order valence-corrected chi connectivity index (χ0v) is 22.8. The van der Waals surface area contributed by atoms with Crippen molar-refractivity contribution >= 4 is 17.8 Å². The van der Waals surface area contributed by atoms with Gasteiger partial charge in [0.2, 0.25) is 5.91 Å². The first kappa shape index (κ1) is 27.0. The molecule has 0 spiro atoms. The molecule has 10 heteroatoms. The average Bonchev–Trinajstić information content (AvgIpc) is 2.98. The van der Waals surface area contributed by atoms with E-state index in [1.807, 2.05) is 78.9 Å². The van der Waals surface area contributed by atoms with E-state index in [1.165, 1.54) is 0 Å². The molecule has 2 heterocycles. The lowest BCUT2D eigenvalue weighted by atomic mass is 9.98. The minimum Gasteiger partial charge on any atom is -0.497 e. The minimum absolute atomic E-state index is 0.0262. The number of benzene rings is 3. The first-order valence-electron chi connectivity index (χ1n) is 13.1. The largest absolute Gasteiger partial charge is 0.497 e. The van der Waals surface area contributed by atoms with Gasteiger partial charge in [-0.1, -0.05) is 54.6 Å². The van der Waals surface area contributed by atoms with Crippen LogP contribution in [0.3, 0.4) is 0 Å². The molecule has 2 aliphatic rings. The van der Waals surface area contributed by atoms with Gasteiger partial charge in [-0.2, -0.15) is 0 Å². The van der Waals surface area contributed by atoms with Crippen molar-refractivity contribution < 1.29 is 23.9 Å². The van der Waals surface area contributed by atoms with Gasteiger partial charge in [0, 0.05) is 20.1 Å². The minimum atomic E-state index is -0.851.